The van der Waals surface area contributed by atoms with E-state index >= 15 is 0 Å². The quantitative estimate of drug-likeness (QED) is 0.693. The van der Waals surface area contributed by atoms with Gasteiger partial charge < -0.3 is 16.4 Å². The Morgan fingerprint density at radius 1 is 1.20 bits per heavy atom. The maximum atomic E-state index is 11.8. The Morgan fingerprint density at radius 3 is 2.45 bits per heavy atom. The van der Waals surface area contributed by atoms with E-state index in [2.05, 4.69) is 10.6 Å². The van der Waals surface area contributed by atoms with Crippen molar-refractivity contribution in [3.05, 3.63) is 35.9 Å². The zero-order valence-corrected chi connectivity index (χ0v) is 12.1. The summed E-state index contributed by atoms with van der Waals surface area (Å²) in [5.41, 5.74) is 5.97. The fourth-order valence-corrected chi connectivity index (χ4v) is 1.85. The summed E-state index contributed by atoms with van der Waals surface area (Å²) in [7, 11) is 0. The predicted octanol–water partition coefficient (Wildman–Crippen LogP) is 0.937. The van der Waals surface area contributed by atoms with Crippen molar-refractivity contribution in [2.24, 2.45) is 5.73 Å². The second-order valence-corrected chi connectivity index (χ2v) is 5.11. The minimum Gasteiger partial charge on any atom is -0.350 e. The number of hydrogen-bond donors (Lipinski definition) is 3. The third-order valence-electron chi connectivity index (χ3n) is 3.03. The van der Waals surface area contributed by atoms with Crippen molar-refractivity contribution >= 4 is 11.8 Å². The standard InChI is InChI=1S/C15H23N3O2/c1-3-9-15(2,16)14(20)18-11-13(19)17-10-12-7-5-4-6-8-12/h4-8H,3,9-11,16H2,1-2H3,(H,17,19)(H,18,20). The number of nitrogens with two attached hydrogens (primary N) is 1. The van der Waals surface area contributed by atoms with E-state index in [0.29, 0.717) is 13.0 Å². The molecule has 0 radical (unpaired) electrons. The van der Waals surface area contributed by atoms with Crippen LogP contribution in [0.1, 0.15) is 32.3 Å². The van der Waals surface area contributed by atoms with Gasteiger partial charge >= 0.3 is 0 Å². The lowest BCUT2D eigenvalue weighted by molar-refractivity contribution is -0.129. The molecule has 0 bridgehead atoms. The smallest absolute Gasteiger partial charge is 0.240 e. The molecule has 0 saturated heterocycles. The summed E-state index contributed by atoms with van der Waals surface area (Å²) >= 11 is 0. The summed E-state index contributed by atoms with van der Waals surface area (Å²) < 4.78 is 0. The van der Waals surface area contributed by atoms with Crippen LogP contribution in [-0.2, 0) is 16.1 Å². The summed E-state index contributed by atoms with van der Waals surface area (Å²) in [6, 6.07) is 9.59. The molecule has 0 heterocycles. The van der Waals surface area contributed by atoms with Gasteiger partial charge in [-0.3, -0.25) is 9.59 Å². The van der Waals surface area contributed by atoms with E-state index in [0.717, 1.165) is 12.0 Å². The van der Waals surface area contributed by atoms with E-state index in [1.807, 2.05) is 37.3 Å². The van der Waals surface area contributed by atoms with Crippen molar-refractivity contribution in [3.8, 4) is 0 Å². The number of amides is 2. The number of carbonyl (C=O) groups is 2. The van der Waals surface area contributed by atoms with Crippen LogP contribution in [-0.4, -0.2) is 23.9 Å². The monoisotopic (exact) mass is 277 g/mol. The molecule has 1 unspecified atom stereocenters. The summed E-state index contributed by atoms with van der Waals surface area (Å²) in [6.07, 6.45) is 1.41. The van der Waals surface area contributed by atoms with Gasteiger partial charge in [0, 0.05) is 6.54 Å². The molecule has 5 heteroatoms. The highest BCUT2D eigenvalue weighted by Crippen LogP contribution is 2.07. The average molecular weight is 277 g/mol. The fourth-order valence-electron chi connectivity index (χ4n) is 1.85. The summed E-state index contributed by atoms with van der Waals surface area (Å²) in [5.74, 6) is -0.524. The van der Waals surface area contributed by atoms with Crippen LogP contribution in [0.5, 0.6) is 0 Å². The Kier molecular flexibility index (Phi) is 6.18. The summed E-state index contributed by atoms with van der Waals surface area (Å²) in [6.45, 7) is 4.03. The second-order valence-electron chi connectivity index (χ2n) is 5.11. The molecular weight excluding hydrogens is 254 g/mol. The highest BCUT2D eigenvalue weighted by molar-refractivity contribution is 5.89. The van der Waals surface area contributed by atoms with Gasteiger partial charge in [-0.2, -0.15) is 0 Å². The van der Waals surface area contributed by atoms with Crippen LogP contribution in [0, 0.1) is 0 Å². The van der Waals surface area contributed by atoms with Gasteiger partial charge in [0.15, 0.2) is 0 Å². The van der Waals surface area contributed by atoms with Crippen LogP contribution in [0.25, 0.3) is 0 Å². The van der Waals surface area contributed by atoms with Crippen LogP contribution >= 0.6 is 0 Å². The maximum absolute atomic E-state index is 11.8. The lowest BCUT2D eigenvalue weighted by atomic mass is 9.96. The van der Waals surface area contributed by atoms with Crippen LogP contribution in [0.15, 0.2) is 30.3 Å². The molecule has 4 N–H and O–H groups in total. The average Bonchev–Trinajstić information content (AvgIpc) is 2.43. The number of benzene rings is 1. The van der Waals surface area contributed by atoms with Gasteiger partial charge in [-0.25, -0.2) is 0 Å². The van der Waals surface area contributed by atoms with Crippen LogP contribution < -0.4 is 16.4 Å². The molecule has 0 aliphatic rings. The molecule has 0 fully saturated rings. The molecule has 20 heavy (non-hydrogen) atoms. The molecule has 1 rings (SSSR count). The molecule has 1 aromatic rings. The first-order valence-electron chi connectivity index (χ1n) is 6.83. The third-order valence-corrected chi connectivity index (χ3v) is 3.03. The van der Waals surface area contributed by atoms with Crippen molar-refractivity contribution in [1.29, 1.82) is 0 Å². The second kappa shape index (κ2) is 7.65. The highest BCUT2D eigenvalue weighted by Gasteiger charge is 2.27. The normalized spacial score (nSPS) is 13.3. The largest absolute Gasteiger partial charge is 0.350 e. The van der Waals surface area contributed by atoms with E-state index in [1.54, 1.807) is 6.92 Å². The topological polar surface area (TPSA) is 84.2 Å². The molecule has 0 saturated carbocycles. The van der Waals surface area contributed by atoms with Crippen molar-refractivity contribution in [3.63, 3.8) is 0 Å². The Morgan fingerprint density at radius 2 is 1.85 bits per heavy atom. The Hall–Kier alpha value is -1.88. The van der Waals surface area contributed by atoms with E-state index in [9.17, 15) is 9.59 Å². The molecule has 1 atom stereocenters. The number of hydrogen-bond acceptors (Lipinski definition) is 3. The van der Waals surface area contributed by atoms with Crippen LogP contribution in [0.4, 0.5) is 0 Å². The first-order chi connectivity index (χ1) is 9.45. The van der Waals surface area contributed by atoms with Gasteiger partial charge in [0.1, 0.15) is 0 Å². The lowest BCUT2D eigenvalue weighted by Crippen LogP contribution is -2.53. The van der Waals surface area contributed by atoms with Gasteiger partial charge in [-0.05, 0) is 18.9 Å². The minimum absolute atomic E-state index is 0.0534. The molecule has 0 aromatic heterocycles. The van der Waals surface area contributed by atoms with E-state index < -0.39 is 5.54 Å². The molecule has 0 aliphatic carbocycles. The van der Waals surface area contributed by atoms with Crippen molar-refractivity contribution in [2.75, 3.05) is 6.54 Å². The van der Waals surface area contributed by atoms with E-state index in [4.69, 9.17) is 5.73 Å². The molecule has 0 aliphatic heterocycles. The van der Waals surface area contributed by atoms with Crippen LogP contribution in [0.3, 0.4) is 0 Å². The lowest BCUT2D eigenvalue weighted by Gasteiger charge is -2.22. The first-order valence-corrected chi connectivity index (χ1v) is 6.83. The number of rotatable bonds is 7. The van der Waals surface area contributed by atoms with Gasteiger partial charge in [0.2, 0.25) is 11.8 Å². The molecule has 5 nitrogen and oxygen atoms in total. The van der Waals surface area contributed by atoms with Crippen LogP contribution in [0.2, 0.25) is 0 Å². The van der Waals surface area contributed by atoms with Crippen molar-refractivity contribution in [2.45, 2.75) is 38.8 Å². The Bertz CT molecular complexity index is 444. The summed E-state index contributed by atoms with van der Waals surface area (Å²) in [5, 5.41) is 5.31. The molecule has 2 amide bonds. The number of nitrogens with one attached hydrogen (secondary N) is 2. The third kappa shape index (κ3) is 5.40. The Labute approximate surface area is 119 Å². The Balaban J connectivity index is 2.31. The number of carbonyl (C=O) groups excluding carboxylic acids is 2. The fraction of sp³-hybridized carbons (Fsp3) is 0.467. The minimum atomic E-state index is -0.922. The maximum Gasteiger partial charge on any atom is 0.240 e. The molecule has 1 aromatic carbocycles. The predicted molar refractivity (Wildman–Crippen MR) is 78.8 cm³/mol. The van der Waals surface area contributed by atoms with Gasteiger partial charge in [-0.15, -0.1) is 0 Å². The molecule has 0 spiro atoms. The highest BCUT2D eigenvalue weighted by atomic mass is 16.2. The van der Waals surface area contributed by atoms with Crippen molar-refractivity contribution < 1.29 is 9.59 Å². The van der Waals surface area contributed by atoms with Gasteiger partial charge in [-0.1, -0.05) is 43.7 Å². The van der Waals surface area contributed by atoms with E-state index in [1.165, 1.54) is 0 Å². The zero-order chi connectivity index (χ0) is 15.0. The van der Waals surface area contributed by atoms with Gasteiger partial charge in [0.25, 0.3) is 0 Å². The first kappa shape index (κ1) is 16.2. The summed E-state index contributed by atoms with van der Waals surface area (Å²) in [4.78, 5) is 23.5. The molecular formula is C15H23N3O2. The van der Waals surface area contributed by atoms with Crippen molar-refractivity contribution in [1.82, 2.24) is 10.6 Å². The van der Waals surface area contributed by atoms with Gasteiger partial charge in [0.05, 0.1) is 12.1 Å². The SMILES string of the molecule is CCCC(C)(N)C(=O)NCC(=O)NCc1ccccc1. The van der Waals surface area contributed by atoms with E-state index in [-0.39, 0.29) is 18.4 Å². The molecule has 110 valence electrons. The zero-order valence-electron chi connectivity index (χ0n) is 12.1.